The molecule has 13 atom stereocenters. The Labute approximate surface area is 280 Å². The summed E-state index contributed by atoms with van der Waals surface area (Å²) in [5, 5.41) is 25.9. The molecule has 3 N–H and O–H groups in total. The zero-order valence-electron chi connectivity index (χ0n) is 28.2. The number of fused-ring (bicyclic) bond motifs is 4. The summed E-state index contributed by atoms with van der Waals surface area (Å²) in [5.74, 6) is -1.15. The molecule has 5 fully saturated rings. The van der Waals surface area contributed by atoms with E-state index in [9.17, 15) is 10.2 Å². The van der Waals surface area contributed by atoms with Crippen LogP contribution < -0.4 is 0 Å². The van der Waals surface area contributed by atoms with Crippen LogP contribution in [-0.4, -0.2) is 63.7 Å². The molecule has 0 amide bonds. The highest BCUT2D eigenvalue weighted by Gasteiger charge is 2.82. The minimum absolute atomic E-state index is 0.0551. The Balaban J connectivity index is 1.22. The molecule has 8 nitrogen and oxygen atoms in total. The van der Waals surface area contributed by atoms with Crippen molar-refractivity contribution in [2.45, 2.75) is 132 Å². The normalized spacial score (nSPS) is 51.0. The maximum atomic E-state index is 12.9. The number of nitrogens with one attached hydrogen (secondary N) is 1. The molecule has 1 aromatic heterocycles. The lowest BCUT2D eigenvalue weighted by molar-refractivity contribution is -0.399. The number of aliphatic hydroxyl groups excluding tert-OH is 1. The number of aromatic amines is 1. The summed E-state index contributed by atoms with van der Waals surface area (Å²) >= 11 is 7.12. The molecule has 0 bridgehead atoms. The second-order valence-corrected chi connectivity index (χ2v) is 17.5. The van der Waals surface area contributed by atoms with E-state index in [4.69, 9.17) is 35.3 Å². The number of halogens is 1. The molecule has 0 unspecified atom stereocenters. The number of H-pyrrole nitrogens is 1. The second-order valence-electron chi connectivity index (χ2n) is 17.1. The van der Waals surface area contributed by atoms with Gasteiger partial charge in [0.1, 0.15) is 29.5 Å². The van der Waals surface area contributed by atoms with Crippen molar-refractivity contribution < 1.29 is 33.9 Å². The first-order valence-corrected chi connectivity index (χ1v) is 17.8. The predicted octanol–water partition coefficient (Wildman–Crippen LogP) is 6.25. The number of methoxy groups -OCH3 is 1. The molecule has 252 valence electrons. The molecule has 3 saturated carbocycles. The first kappa shape index (κ1) is 30.1. The van der Waals surface area contributed by atoms with Gasteiger partial charge in [0.15, 0.2) is 12.1 Å². The van der Waals surface area contributed by atoms with Gasteiger partial charge in [0.2, 0.25) is 0 Å². The number of hydrogen-bond donors (Lipinski definition) is 3. The molecular formula is C38H46ClNO7. The number of rotatable bonds is 2. The van der Waals surface area contributed by atoms with Gasteiger partial charge in [0.05, 0.1) is 17.1 Å². The summed E-state index contributed by atoms with van der Waals surface area (Å²) in [4.78, 5) is 3.90. The van der Waals surface area contributed by atoms with E-state index >= 15 is 0 Å². The van der Waals surface area contributed by atoms with Gasteiger partial charge in [-0.2, -0.15) is 0 Å². The van der Waals surface area contributed by atoms with E-state index in [1.54, 1.807) is 7.11 Å². The average Bonchev–Trinajstić information content (AvgIpc) is 3.62. The van der Waals surface area contributed by atoms with Gasteiger partial charge in [-0.3, -0.25) is 0 Å². The van der Waals surface area contributed by atoms with Gasteiger partial charge >= 0.3 is 0 Å². The Bertz CT molecular complexity index is 1840. The van der Waals surface area contributed by atoms with Crippen LogP contribution in [0.3, 0.4) is 0 Å². The summed E-state index contributed by atoms with van der Waals surface area (Å²) in [6.07, 6.45) is 2.16. The topological polar surface area (TPSA) is 106 Å². The zero-order valence-corrected chi connectivity index (χ0v) is 28.9. The molecule has 4 aliphatic carbocycles. The van der Waals surface area contributed by atoms with Crippen LogP contribution in [-0.2, 0) is 41.1 Å². The minimum Gasteiger partial charge on any atom is -0.387 e. The van der Waals surface area contributed by atoms with Crippen LogP contribution in [0.4, 0.5) is 0 Å². The molecular weight excluding hydrogens is 618 g/mol. The van der Waals surface area contributed by atoms with Gasteiger partial charge < -0.3 is 38.9 Å². The van der Waals surface area contributed by atoms with Gasteiger partial charge in [0, 0.05) is 52.5 Å². The van der Waals surface area contributed by atoms with Crippen LogP contribution in [0.25, 0.3) is 10.9 Å². The Morgan fingerprint density at radius 3 is 2.60 bits per heavy atom. The van der Waals surface area contributed by atoms with Gasteiger partial charge in [-0.1, -0.05) is 37.3 Å². The zero-order chi connectivity index (χ0) is 33.0. The van der Waals surface area contributed by atoms with E-state index in [2.05, 4.69) is 45.8 Å². The maximum absolute atomic E-state index is 12.9. The molecule has 1 aromatic carbocycles. The Morgan fingerprint density at radius 2 is 1.87 bits per heavy atom. The molecule has 4 aliphatic heterocycles. The van der Waals surface area contributed by atoms with E-state index < -0.39 is 46.5 Å². The van der Waals surface area contributed by atoms with Crippen LogP contribution in [0, 0.1) is 23.2 Å². The number of benzene rings is 1. The van der Waals surface area contributed by atoms with Crippen molar-refractivity contribution in [2.75, 3.05) is 7.11 Å². The number of ether oxygens (including phenoxy) is 5. The second kappa shape index (κ2) is 8.57. The van der Waals surface area contributed by atoms with Crippen molar-refractivity contribution >= 4 is 22.5 Å². The van der Waals surface area contributed by atoms with Crippen LogP contribution in [0.2, 0.25) is 5.02 Å². The highest BCUT2D eigenvalue weighted by molar-refractivity contribution is 6.32. The average molecular weight is 664 g/mol. The molecule has 2 saturated heterocycles. The molecule has 1 spiro atoms. The fourth-order valence-electron chi connectivity index (χ4n) is 12.8. The quantitative estimate of drug-likeness (QED) is 0.258. The number of hydrogen-bond acceptors (Lipinski definition) is 7. The van der Waals surface area contributed by atoms with Crippen LogP contribution >= 0.6 is 11.6 Å². The van der Waals surface area contributed by atoms with E-state index in [1.165, 1.54) is 0 Å². The lowest BCUT2D eigenvalue weighted by atomic mass is 9.41. The molecule has 47 heavy (non-hydrogen) atoms. The van der Waals surface area contributed by atoms with Crippen LogP contribution in [0.1, 0.15) is 95.4 Å². The van der Waals surface area contributed by atoms with Gasteiger partial charge in [-0.05, 0) is 93.9 Å². The van der Waals surface area contributed by atoms with Crippen LogP contribution in [0.5, 0.6) is 0 Å². The molecule has 5 heterocycles. The van der Waals surface area contributed by atoms with Crippen molar-refractivity contribution in [3.63, 3.8) is 0 Å². The lowest BCUT2D eigenvalue weighted by Crippen LogP contribution is -2.74. The Morgan fingerprint density at radius 1 is 1.11 bits per heavy atom. The highest BCUT2D eigenvalue weighted by atomic mass is 35.5. The summed E-state index contributed by atoms with van der Waals surface area (Å²) in [5.41, 5.74) is 3.06. The Kier molecular flexibility index (Phi) is 5.49. The lowest BCUT2D eigenvalue weighted by Gasteiger charge is -2.68. The smallest absolute Gasteiger partial charge is 0.190 e. The molecule has 0 radical (unpaired) electrons. The summed E-state index contributed by atoms with van der Waals surface area (Å²) in [6.45, 7) is 19.2. The van der Waals surface area contributed by atoms with Gasteiger partial charge in [0.25, 0.3) is 0 Å². The number of epoxide rings is 1. The van der Waals surface area contributed by atoms with Crippen molar-refractivity contribution in [1.29, 1.82) is 0 Å². The fraction of sp³-hybridized carbons (Fsp3) is 0.684. The van der Waals surface area contributed by atoms with Crippen molar-refractivity contribution in [3.8, 4) is 0 Å². The van der Waals surface area contributed by atoms with E-state index in [0.717, 1.165) is 70.1 Å². The van der Waals surface area contributed by atoms with E-state index in [0.29, 0.717) is 17.9 Å². The summed E-state index contributed by atoms with van der Waals surface area (Å²) < 4.78 is 34.3. The SMILES string of the molecule is C=C(C)[C@H]1O[C@H]2CC[C@@]3(C)[C@H](CC[C@]4(OC)O[C@@H]5OC(C)(C)[C@H]6C[C@@H]7C(=C)Cc8c(Cl)cc9[nH]c(c5c9c8[C@@]76O)[C@@]43C)[C@]23O[C@@H]3[C@H]1O. The van der Waals surface area contributed by atoms with E-state index in [1.807, 2.05) is 13.0 Å². The maximum Gasteiger partial charge on any atom is 0.190 e. The van der Waals surface area contributed by atoms with Gasteiger partial charge in [-0.15, -0.1) is 0 Å². The minimum atomic E-state index is -1.14. The molecule has 8 aliphatic rings. The third kappa shape index (κ3) is 3.00. The molecule has 10 rings (SSSR count). The van der Waals surface area contributed by atoms with E-state index in [-0.39, 0.29) is 35.4 Å². The first-order chi connectivity index (χ1) is 22.1. The fourth-order valence-corrected chi connectivity index (χ4v) is 13.0. The highest BCUT2D eigenvalue weighted by Crippen LogP contribution is 2.76. The van der Waals surface area contributed by atoms with Crippen LogP contribution in [0.15, 0.2) is 30.4 Å². The monoisotopic (exact) mass is 663 g/mol. The largest absolute Gasteiger partial charge is 0.387 e. The standard InChI is InChI=1S/C38H46ClNO7/c1-16(2)29-28(41)31-38(45-31)22-9-12-36(43-8)35(7,34(22,6)11-10-24(38)44-29)30-26-25-21(40-30)15-20(39)18-13-17(3)19-14-23(37(19,42)27(18)25)33(4,5)46-32(26)47-36/h15,19,22-24,28-29,31-32,40-42H,1,3,9-14H2,2,4-8H3/t19-,22+,23-,24+,28+,29-,31-,32+,34+,35-,36+,37-,38+/m1/s1. The third-order valence-electron chi connectivity index (χ3n) is 15.2. The Hall–Kier alpha value is -1.75. The van der Waals surface area contributed by atoms with Crippen molar-refractivity contribution in [2.24, 2.45) is 23.2 Å². The van der Waals surface area contributed by atoms with Crippen molar-refractivity contribution in [1.82, 2.24) is 4.98 Å². The molecule has 2 aromatic rings. The first-order valence-electron chi connectivity index (χ1n) is 17.5. The van der Waals surface area contributed by atoms with Gasteiger partial charge in [-0.25, -0.2) is 0 Å². The summed E-state index contributed by atoms with van der Waals surface area (Å²) in [6, 6.07) is 2.02. The van der Waals surface area contributed by atoms with Crippen molar-refractivity contribution in [3.05, 3.63) is 57.8 Å². The molecule has 9 heteroatoms. The predicted molar refractivity (Wildman–Crippen MR) is 175 cm³/mol. The summed E-state index contributed by atoms with van der Waals surface area (Å²) in [7, 11) is 1.76. The number of aromatic nitrogens is 1. The number of aliphatic hydroxyl groups is 2. The third-order valence-corrected chi connectivity index (χ3v) is 15.5.